The lowest BCUT2D eigenvalue weighted by atomic mass is 9.77. The molecule has 0 saturated heterocycles. The van der Waals surface area contributed by atoms with Gasteiger partial charge in [0, 0.05) is 13.0 Å². The van der Waals surface area contributed by atoms with E-state index in [1.54, 1.807) is 0 Å². The van der Waals surface area contributed by atoms with Crippen LogP contribution in [-0.4, -0.2) is 35.5 Å². The molecule has 2 atom stereocenters. The molecular formula is C11H22O4. The smallest absolute Gasteiger partial charge is 0.336 e. The predicted octanol–water partition coefficient (Wildman–Crippen LogP) is 1.52. The minimum atomic E-state index is -1.67. The molecule has 0 aromatic carbocycles. The largest absolute Gasteiger partial charge is 0.479 e. The third kappa shape index (κ3) is 3.47. The second kappa shape index (κ2) is 6.08. The number of hydrogen-bond donors (Lipinski definition) is 2. The lowest BCUT2D eigenvalue weighted by Gasteiger charge is -2.34. The molecule has 2 unspecified atom stereocenters. The first-order valence-corrected chi connectivity index (χ1v) is 5.34. The van der Waals surface area contributed by atoms with Crippen LogP contribution >= 0.6 is 0 Å². The van der Waals surface area contributed by atoms with Crippen molar-refractivity contribution in [3.05, 3.63) is 0 Å². The van der Waals surface area contributed by atoms with Crippen LogP contribution in [0.1, 0.15) is 33.6 Å². The van der Waals surface area contributed by atoms with Crippen molar-refractivity contribution < 1.29 is 19.7 Å². The first-order valence-electron chi connectivity index (χ1n) is 5.34. The van der Waals surface area contributed by atoms with Gasteiger partial charge in [-0.2, -0.15) is 0 Å². The fraction of sp³-hybridized carbons (Fsp3) is 0.909. The Hall–Kier alpha value is -0.610. The number of aliphatic hydroxyl groups is 1. The Bertz CT molecular complexity index is 203. The summed E-state index contributed by atoms with van der Waals surface area (Å²) in [5.74, 6) is -1.46. The van der Waals surface area contributed by atoms with Gasteiger partial charge in [-0.15, -0.1) is 0 Å². The SMILES string of the molecule is CCCC(O)(C(=O)O)C(COC)C(C)C. The van der Waals surface area contributed by atoms with Crippen LogP contribution in [0.2, 0.25) is 0 Å². The summed E-state index contributed by atoms with van der Waals surface area (Å²) in [5, 5.41) is 19.3. The monoisotopic (exact) mass is 218 g/mol. The van der Waals surface area contributed by atoms with Gasteiger partial charge in [-0.3, -0.25) is 0 Å². The van der Waals surface area contributed by atoms with Crippen molar-refractivity contribution in [1.29, 1.82) is 0 Å². The molecule has 0 rings (SSSR count). The first-order chi connectivity index (χ1) is 6.90. The summed E-state index contributed by atoms with van der Waals surface area (Å²) in [7, 11) is 1.52. The Balaban J connectivity index is 4.90. The molecule has 0 bridgehead atoms. The van der Waals surface area contributed by atoms with E-state index in [-0.39, 0.29) is 24.9 Å². The highest BCUT2D eigenvalue weighted by molar-refractivity contribution is 5.77. The Morgan fingerprint density at radius 2 is 2.00 bits per heavy atom. The molecular weight excluding hydrogens is 196 g/mol. The number of carboxylic acid groups (broad SMARTS) is 1. The summed E-state index contributed by atoms with van der Waals surface area (Å²) >= 11 is 0. The van der Waals surface area contributed by atoms with Gasteiger partial charge < -0.3 is 14.9 Å². The van der Waals surface area contributed by atoms with Crippen molar-refractivity contribution in [2.45, 2.75) is 39.2 Å². The zero-order chi connectivity index (χ0) is 12.1. The highest BCUT2D eigenvalue weighted by Crippen LogP contribution is 2.30. The van der Waals surface area contributed by atoms with Gasteiger partial charge in [0.2, 0.25) is 0 Å². The highest BCUT2D eigenvalue weighted by Gasteiger charge is 2.44. The number of ether oxygens (including phenoxy) is 1. The molecule has 0 aliphatic carbocycles. The number of rotatable bonds is 7. The van der Waals surface area contributed by atoms with Crippen molar-refractivity contribution in [3.63, 3.8) is 0 Å². The summed E-state index contributed by atoms with van der Waals surface area (Å²) in [6.45, 7) is 5.92. The summed E-state index contributed by atoms with van der Waals surface area (Å²) in [6, 6.07) is 0. The zero-order valence-electron chi connectivity index (χ0n) is 9.99. The van der Waals surface area contributed by atoms with E-state index in [0.29, 0.717) is 6.42 Å². The predicted molar refractivity (Wildman–Crippen MR) is 57.7 cm³/mol. The van der Waals surface area contributed by atoms with Gasteiger partial charge in [-0.25, -0.2) is 4.79 Å². The topological polar surface area (TPSA) is 66.8 Å². The van der Waals surface area contributed by atoms with Gasteiger partial charge in [-0.1, -0.05) is 27.2 Å². The maximum Gasteiger partial charge on any atom is 0.336 e. The number of methoxy groups -OCH3 is 1. The molecule has 0 radical (unpaired) electrons. The summed E-state index contributed by atoms with van der Waals surface area (Å²) in [4.78, 5) is 11.1. The third-order valence-corrected chi connectivity index (χ3v) is 2.77. The van der Waals surface area contributed by atoms with Gasteiger partial charge in [0.15, 0.2) is 5.60 Å². The molecule has 0 aliphatic heterocycles. The molecule has 0 heterocycles. The molecule has 90 valence electrons. The molecule has 15 heavy (non-hydrogen) atoms. The highest BCUT2D eigenvalue weighted by atomic mass is 16.5. The fourth-order valence-corrected chi connectivity index (χ4v) is 1.89. The molecule has 0 amide bonds. The third-order valence-electron chi connectivity index (χ3n) is 2.77. The molecule has 0 saturated carbocycles. The minimum absolute atomic E-state index is 0.0672. The number of carboxylic acids is 1. The van der Waals surface area contributed by atoms with Gasteiger partial charge >= 0.3 is 5.97 Å². The van der Waals surface area contributed by atoms with Crippen LogP contribution in [0.4, 0.5) is 0 Å². The van der Waals surface area contributed by atoms with E-state index in [2.05, 4.69) is 0 Å². The Labute approximate surface area is 91.3 Å². The van der Waals surface area contributed by atoms with Crippen LogP contribution in [0.15, 0.2) is 0 Å². The van der Waals surface area contributed by atoms with Gasteiger partial charge in [0.05, 0.1) is 6.61 Å². The molecule has 0 spiro atoms. The van der Waals surface area contributed by atoms with E-state index in [9.17, 15) is 9.90 Å². The molecule has 0 aromatic heterocycles. The van der Waals surface area contributed by atoms with Gasteiger partial charge in [-0.05, 0) is 12.3 Å². The second-order valence-corrected chi connectivity index (χ2v) is 4.29. The van der Waals surface area contributed by atoms with E-state index in [1.165, 1.54) is 7.11 Å². The van der Waals surface area contributed by atoms with E-state index in [1.807, 2.05) is 20.8 Å². The lowest BCUT2D eigenvalue weighted by Crippen LogP contribution is -2.49. The number of aliphatic carboxylic acids is 1. The lowest BCUT2D eigenvalue weighted by molar-refractivity contribution is -0.171. The molecule has 2 N–H and O–H groups in total. The second-order valence-electron chi connectivity index (χ2n) is 4.29. The number of carbonyl (C=O) groups is 1. The molecule has 0 aliphatic rings. The van der Waals surface area contributed by atoms with E-state index in [0.717, 1.165) is 0 Å². The minimum Gasteiger partial charge on any atom is -0.479 e. The van der Waals surface area contributed by atoms with E-state index >= 15 is 0 Å². The summed E-state index contributed by atoms with van der Waals surface area (Å²) < 4.78 is 4.98. The van der Waals surface area contributed by atoms with Crippen molar-refractivity contribution in [1.82, 2.24) is 0 Å². The zero-order valence-corrected chi connectivity index (χ0v) is 9.99. The molecule has 4 nitrogen and oxygen atoms in total. The van der Waals surface area contributed by atoms with Crippen LogP contribution in [0.3, 0.4) is 0 Å². The van der Waals surface area contributed by atoms with Crippen molar-refractivity contribution >= 4 is 5.97 Å². The Kier molecular flexibility index (Phi) is 5.83. The Morgan fingerprint density at radius 3 is 2.27 bits per heavy atom. The molecule has 0 fully saturated rings. The number of hydrogen-bond acceptors (Lipinski definition) is 3. The fourth-order valence-electron chi connectivity index (χ4n) is 1.89. The van der Waals surface area contributed by atoms with Gasteiger partial charge in [0.1, 0.15) is 0 Å². The maximum absolute atomic E-state index is 11.1. The molecule has 0 aromatic rings. The summed E-state index contributed by atoms with van der Waals surface area (Å²) in [5.41, 5.74) is -1.67. The van der Waals surface area contributed by atoms with Crippen molar-refractivity contribution in [3.8, 4) is 0 Å². The van der Waals surface area contributed by atoms with Crippen LogP contribution in [0.5, 0.6) is 0 Å². The van der Waals surface area contributed by atoms with Crippen molar-refractivity contribution in [2.24, 2.45) is 11.8 Å². The van der Waals surface area contributed by atoms with E-state index < -0.39 is 11.6 Å². The quantitative estimate of drug-likeness (QED) is 0.680. The van der Waals surface area contributed by atoms with Crippen LogP contribution < -0.4 is 0 Å². The standard InChI is InChI=1S/C11H22O4/c1-5-6-11(14,10(12)13)9(7-15-4)8(2)3/h8-9,14H,5-7H2,1-4H3,(H,12,13). The van der Waals surface area contributed by atoms with Crippen LogP contribution in [0, 0.1) is 11.8 Å². The summed E-state index contributed by atoms with van der Waals surface area (Å²) in [6.07, 6.45) is 0.893. The van der Waals surface area contributed by atoms with E-state index in [4.69, 9.17) is 9.84 Å². The Morgan fingerprint density at radius 1 is 1.47 bits per heavy atom. The van der Waals surface area contributed by atoms with Crippen LogP contribution in [0.25, 0.3) is 0 Å². The maximum atomic E-state index is 11.1. The molecule has 4 heteroatoms. The normalized spacial score (nSPS) is 17.5. The van der Waals surface area contributed by atoms with Crippen LogP contribution in [-0.2, 0) is 9.53 Å². The first kappa shape index (κ1) is 14.4. The average Bonchev–Trinajstić information content (AvgIpc) is 2.13. The van der Waals surface area contributed by atoms with Crippen molar-refractivity contribution in [2.75, 3.05) is 13.7 Å². The van der Waals surface area contributed by atoms with Gasteiger partial charge in [0.25, 0.3) is 0 Å². The average molecular weight is 218 g/mol.